The number of nitrogens with one attached hydrogen (secondary N) is 1. The van der Waals surface area contributed by atoms with Gasteiger partial charge in [-0.3, -0.25) is 9.69 Å². The van der Waals surface area contributed by atoms with E-state index in [1.165, 1.54) is 5.56 Å². The monoisotopic (exact) mass is 204 g/mol. The van der Waals surface area contributed by atoms with E-state index in [2.05, 4.69) is 22.3 Å². The Morgan fingerprint density at radius 2 is 2.13 bits per heavy atom. The van der Waals surface area contributed by atoms with Crippen molar-refractivity contribution in [2.45, 2.75) is 19.5 Å². The Hall–Kier alpha value is -1.35. The zero-order valence-corrected chi connectivity index (χ0v) is 8.94. The first kappa shape index (κ1) is 10.2. The number of benzene rings is 1. The molecule has 0 aliphatic carbocycles. The smallest absolute Gasteiger partial charge is 0.234 e. The lowest BCUT2D eigenvalue weighted by molar-refractivity contribution is -0.125. The van der Waals surface area contributed by atoms with Crippen LogP contribution in [0.5, 0.6) is 0 Å². The van der Waals surface area contributed by atoms with Gasteiger partial charge in [-0.05, 0) is 12.5 Å². The van der Waals surface area contributed by atoms with Crippen molar-refractivity contribution < 1.29 is 4.79 Å². The molecule has 1 fully saturated rings. The van der Waals surface area contributed by atoms with Gasteiger partial charge in [0.1, 0.15) is 0 Å². The summed E-state index contributed by atoms with van der Waals surface area (Å²) in [7, 11) is 0. The molecule has 1 heterocycles. The van der Waals surface area contributed by atoms with Crippen LogP contribution < -0.4 is 5.32 Å². The normalized spacial score (nSPS) is 22.5. The zero-order valence-electron chi connectivity index (χ0n) is 8.94. The van der Waals surface area contributed by atoms with E-state index < -0.39 is 0 Å². The van der Waals surface area contributed by atoms with Crippen LogP contribution in [0.2, 0.25) is 0 Å². The first-order valence-corrected chi connectivity index (χ1v) is 5.29. The highest BCUT2D eigenvalue weighted by Crippen LogP contribution is 2.07. The first-order valence-electron chi connectivity index (χ1n) is 5.29. The number of piperazine rings is 1. The van der Waals surface area contributed by atoms with Gasteiger partial charge in [-0.25, -0.2) is 0 Å². The molecule has 1 atom stereocenters. The van der Waals surface area contributed by atoms with Crippen LogP contribution in [0.25, 0.3) is 0 Å². The molecule has 3 nitrogen and oxygen atoms in total. The van der Waals surface area contributed by atoms with Crippen LogP contribution in [-0.4, -0.2) is 29.9 Å². The Morgan fingerprint density at radius 3 is 2.80 bits per heavy atom. The maximum absolute atomic E-state index is 11.3. The van der Waals surface area contributed by atoms with Crippen LogP contribution in [0.15, 0.2) is 30.3 Å². The fourth-order valence-corrected chi connectivity index (χ4v) is 1.98. The summed E-state index contributed by atoms with van der Waals surface area (Å²) in [5.41, 5.74) is 1.26. The highest BCUT2D eigenvalue weighted by molar-refractivity contribution is 5.79. The van der Waals surface area contributed by atoms with Crippen LogP contribution >= 0.6 is 0 Å². The van der Waals surface area contributed by atoms with Gasteiger partial charge in [0.05, 0.1) is 6.54 Å². The minimum absolute atomic E-state index is 0.129. The molecule has 1 unspecified atom stereocenters. The third-order valence-electron chi connectivity index (χ3n) is 2.56. The summed E-state index contributed by atoms with van der Waals surface area (Å²) < 4.78 is 0. The van der Waals surface area contributed by atoms with E-state index in [4.69, 9.17) is 0 Å². The molecule has 0 radical (unpaired) electrons. The lowest BCUT2D eigenvalue weighted by atomic mass is 10.1. The van der Waals surface area contributed by atoms with Gasteiger partial charge < -0.3 is 5.32 Å². The molecule has 1 N–H and O–H groups in total. The topological polar surface area (TPSA) is 32.3 Å². The molecule has 15 heavy (non-hydrogen) atoms. The minimum atomic E-state index is 0.129. The second kappa shape index (κ2) is 4.45. The van der Waals surface area contributed by atoms with Crippen molar-refractivity contribution in [3.63, 3.8) is 0 Å². The lowest BCUT2D eigenvalue weighted by Crippen LogP contribution is -2.52. The minimum Gasteiger partial charge on any atom is -0.351 e. The third kappa shape index (κ3) is 2.80. The van der Waals surface area contributed by atoms with Gasteiger partial charge >= 0.3 is 0 Å². The van der Waals surface area contributed by atoms with Gasteiger partial charge in [-0.1, -0.05) is 30.3 Å². The third-order valence-corrected chi connectivity index (χ3v) is 2.56. The number of carbonyl (C=O) groups is 1. The molecule has 1 aromatic carbocycles. The van der Waals surface area contributed by atoms with Gasteiger partial charge in [-0.2, -0.15) is 0 Å². The zero-order chi connectivity index (χ0) is 10.7. The van der Waals surface area contributed by atoms with E-state index in [-0.39, 0.29) is 11.9 Å². The van der Waals surface area contributed by atoms with E-state index in [0.29, 0.717) is 6.54 Å². The first-order chi connectivity index (χ1) is 7.24. The average molecular weight is 204 g/mol. The van der Waals surface area contributed by atoms with Gasteiger partial charge in [0.25, 0.3) is 0 Å². The standard InChI is InChI=1S/C12H16N2O/c1-10-7-14(9-12(15)13-10)8-11-5-3-2-4-6-11/h2-6,10H,7-9H2,1H3,(H,13,15). The quantitative estimate of drug-likeness (QED) is 0.779. The summed E-state index contributed by atoms with van der Waals surface area (Å²) in [6.45, 7) is 4.34. The Bertz CT molecular complexity index is 337. The molecule has 1 aromatic rings. The molecule has 3 heteroatoms. The molecule has 1 amide bonds. The largest absolute Gasteiger partial charge is 0.351 e. The van der Waals surface area contributed by atoms with Crippen molar-refractivity contribution in [1.29, 1.82) is 0 Å². The Labute approximate surface area is 90.1 Å². The summed E-state index contributed by atoms with van der Waals surface area (Å²) >= 11 is 0. The van der Waals surface area contributed by atoms with Gasteiger partial charge in [0.15, 0.2) is 0 Å². The highest BCUT2D eigenvalue weighted by atomic mass is 16.2. The summed E-state index contributed by atoms with van der Waals surface area (Å²) in [4.78, 5) is 13.5. The van der Waals surface area contributed by atoms with E-state index >= 15 is 0 Å². The second-order valence-corrected chi connectivity index (χ2v) is 4.12. The van der Waals surface area contributed by atoms with Gasteiger partial charge in [0.2, 0.25) is 5.91 Å². The van der Waals surface area contributed by atoms with E-state index in [1.54, 1.807) is 0 Å². The number of carbonyl (C=O) groups excluding carboxylic acids is 1. The summed E-state index contributed by atoms with van der Waals surface area (Å²) in [5.74, 6) is 0.129. The molecule has 1 saturated heterocycles. The summed E-state index contributed by atoms with van der Waals surface area (Å²) in [5, 5.41) is 2.91. The Kier molecular flexibility index (Phi) is 3.02. The second-order valence-electron chi connectivity index (χ2n) is 4.12. The molecule has 0 saturated carbocycles. The average Bonchev–Trinajstić information content (AvgIpc) is 2.17. The molecule has 0 spiro atoms. The van der Waals surface area contributed by atoms with Gasteiger partial charge in [-0.15, -0.1) is 0 Å². The van der Waals surface area contributed by atoms with Crippen molar-refractivity contribution in [2.24, 2.45) is 0 Å². The maximum atomic E-state index is 11.3. The summed E-state index contributed by atoms with van der Waals surface area (Å²) in [6.07, 6.45) is 0. The number of nitrogens with zero attached hydrogens (tertiary/aromatic N) is 1. The molecule has 0 bridgehead atoms. The van der Waals surface area contributed by atoms with Crippen LogP contribution in [0, 0.1) is 0 Å². The van der Waals surface area contributed by atoms with Gasteiger partial charge in [0, 0.05) is 19.1 Å². The Morgan fingerprint density at radius 1 is 1.40 bits per heavy atom. The number of hydrogen-bond donors (Lipinski definition) is 1. The van der Waals surface area contributed by atoms with Crippen molar-refractivity contribution in [3.8, 4) is 0 Å². The predicted octanol–water partition coefficient (Wildman–Crippen LogP) is 1.01. The number of rotatable bonds is 2. The fourth-order valence-electron chi connectivity index (χ4n) is 1.98. The van der Waals surface area contributed by atoms with Crippen molar-refractivity contribution in [2.75, 3.05) is 13.1 Å². The van der Waals surface area contributed by atoms with Crippen LogP contribution in [-0.2, 0) is 11.3 Å². The molecule has 1 aliphatic rings. The number of amides is 1. The maximum Gasteiger partial charge on any atom is 0.234 e. The van der Waals surface area contributed by atoms with Crippen LogP contribution in [0.3, 0.4) is 0 Å². The molecule has 0 aromatic heterocycles. The molecular weight excluding hydrogens is 188 g/mol. The predicted molar refractivity (Wildman–Crippen MR) is 59.3 cm³/mol. The van der Waals surface area contributed by atoms with Crippen molar-refractivity contribution >= 4 is 5.91 Å². The lowest BCUT2D eigenvalue weighted by Gasteiger charge is -2.31. The van der Waals surface area contributed by atoms with E-state index in [0.717, 1.165) is 13.1 Å². The molecule has 2 rings (SSSR count). The van der Waals surface area contributed by atoms with Crippen LogP contribution in [0.1, 0.15) is 12.5 Å². The molecule has 80 valence electrons. The highest BCUT2D eigenvalue weighted by Gasteiger charge is 2.20. The molecule has 1 aliphatic heterocycles. The summed E-state index contributed by atoms with van der Waals surface area (Å²) in [6, 6.07) is 10.5. The van der Waals surface area contributed by atoms with E-state index in [1.807, 2.05) is 25.1 Å². The Balaban J connectivity index is 1.97. The number of hydrogen-bond acceptors (Lipinski definition) is 2. The van der Waals surface area contributed by atoms with E-state index in [9.17, 15) is 4.79 Å². The SMILES string of the molecule is CC1CN(Cc2ccccc2)CC(=O)N1. The van der Waals surface area contributed by atoms with Crippen molar-refractivity contribution in [1.82, 2.24) is 10.2 Å². The molecular formula is C12H16N2O. The van der Waals surface area contributed by atoms with Crippen molar-refractivity contribution in [3.05, 3.63) is 35.9 Å². The van der Waals surface area contributed by atoms with Crippen LogP contribution in [0.4, 0.5) is 0 Å². The fraction of sp³-hybridized carbons (Fsp3) is 0.417.